The monoisotopic (exact) mass is 357 g/mol. The molecule has 1 aromatic carbocycles. The van der Waals surface area contributed by atoms with Crippen LogP contribution in [0.1, 0.15) is 55.3 Å². The van der Waals surface area contributed by atoms with Gasteiger partial charge in [0.1, 0.15) is 17.2 Å². The Bertz CT molecular complexity index is 819. The van der Waals surface area contributed by atoms with Gasteiger partial charge in [0.2, 0.25) is 0 Å². The third-order valence-electron chi connectivity index (χ3n) is 5.09. The fourth-order valence-corrected chi connectivity index (χ4v) is 3.54. The third-order valence-corrected chi connectivity index (χ3v) is 5.09. The summed E-state index contributed by atoms with van der Waals surface area (Å²) in [4.78, 5) is 15.2. The van der Waals surface area contributed by atoms with Gasteiger partial charge in [-0.2, -0.15) is 0 Å². The van der Waals surface area contributed by atoms with Crippen molar-refractivity contribution >= 4 is 0 Å². The van der Waals surface area contributed by atoms with Crippen molar-refractivity contribution in [3.05, 3.63) is 51.4 Å². The van der Waals surface area contributed by atoms with Crippen molar-refractivity contribution in [3.8, 4) is 17.2 Å². The van der Waals surface area contributed by atoms with Crippen LogP contribution in [0.2, 0.25) is 0 Å². The molecule has 0 bridgehead atoms. The van der Waals surface area contributed by atoms with E-state index in [1.165, 1.54) is 0 Å². The second kappa shape index (κ2) is 7.44. The quantitative estimate of drug-likeness (QED) is 0.783. The molecule has 5 nitrogen and oxygen atoms in total. The first-order chi connectivity index (χ1) is 12.4. The zero-order valence-corrected chi connectivity index (χ0v) is 15.8. The number of aromatic amines is 1. The lowest BCUT2D eigenvalue weighted by atomic mass is 9.89. The van der Waals surface area contributed by atoms with Gasteiger partial charge < -0.3 is 19.6 Å². The number of pyridine rings is 1. The second-order valence-electron chi connectivity index (χ2n) is 7.34. The van der Waals surface area contributed by atoms with Crippen LogP contribution in [-0.2, 0) is 0 Å². The standard InChI is InChI=1S/C21H27NO4/c1-12(2)18-20(23)19(13(3)22-21(18)24)17(14-5-6-14)11-26-16-9-7-15(25-4)8-10-16/h7-10,12,14,17H,5-6,11H2,1-4H3,(H2,22,23,24). The fraction of sp³-hybridized carbons (Fsp3) is 0.476. The Morgan fingerprint density at radius 1 is 1.15 bits per heavy atom. The van der Waals surface area contributed by atoms with Crippen LogP contribution < -0.4 is 15.0 Å². The number of rotatable bonds is 7. The van der Waals surface area contributed by atoms with Gasteiger partial charge in [-0.25, -0.2) is 0 Å². The summed E-state index contributed by atoms with van der Waals surface area (Å²) in [5.74, 6) is 2.18. The normalized spacial score (nSPS) is 15.1. The maximum absolute atomic E-state index is 12.2. The summed E-state index contributed by atoms with van der Waals surface area (Å²) in [6.07, 6.45) is 2.23. The fourth-order valence-electron chi connectivity index (χ4n) is 3.54. The van der Waals surface area contributed by atoms with Crippen LogP contribution in [0.4, 0.5) is 0 Å². The van der Waals surface area contributed by atoms with Crippen molar-refractivity contribution in [3.63, 3.8) is 0 Å². The van der Waals surface area contributed by atoms with Crippen molar-refractivity contribution in [2.45, 2.75) is 45.4 Å². The Morgan fingerprint density at radius 2 is 1.77 bits per heavy atom. The Labute approximate surface area is 154 Å². The van der Waals surface area contributed by atoms with E-state index in [0.717, 1.165) is 35.6 Å². The van der Waals surface area contributed by atoms with E-state index in [4.69, 9.17) is 9.47 Å². The van der Waals surface area contributed by atoms with Gasteiger partial charge in [0.15, 0.2) is 0 Å². The average molecular weight is 357 g/mol. The highest BCUT2D eigenvalue weighted by atomic mass is 16.5. The first-order valence-electron chi connectivity index (χ1n) is 9.14. The second-order valence-corrected chi connectivity index (χ2v) is 7.34. The molecule has 26 heavy (non-hydrogen) atoms. The van der Waals surface area contributed by atoms with Crippen molar-refractivity contribution in [2.24, 2.45) is 5.92 Å². The number of hydrogen-bond acceptors (Lipinski definition) is 4. The summed E-state index contributed by atoms with van der Waals surface area (Å²) in [6, 6.07) is 7.48. The highest BCUT2D eigenvalue weighted by Gasteiger charge is 2.36. The van der Waals surface area contributed by atoms with Crippen LogP contribution in [0.3, 0.4) is 0 Å². The molecule has 2 aromatic rings. The lowest BCUT2D eigenvalue weighted by Crippen LogP contribution is -2.21. The molecule has 1 unspecified atom stereocenters. The molecule has 2 N–H and O–H groups in total. The number of aromatic nitrogens is 1. The van der Waals surface area contributed by atoms with Gasteiger partial charge in [-0.05, 0) is 55.9 Å². The van der Waals surface area contributed by atoms with Crippen LogP contribution in [0.5, 0.6) is 17.2 Å². The van der Waals surface area contributed by atoms with Gasteiger partial charge in [-0.15, -0.1) is 0 Å². The molecular formula is C21H27NO4. The summed E-state index contributed by atoms with van der Waals surface area (Å²) in [5, 5.41) is 10.8. The first-order valence-corrected chi connectivity index (χ1v) is 9.14. The van der Waals surface area contributed by atoms with E-state index in [1.807, 2.05) is 45.0 Å². The smallest absolute Gasteiger partial charge is 0.255 e. The summed E-state index contributed by atoms with van der Waals surface area (Å²) < 4.78 is 11.2. The molecule has 140 valence electrons. The predicted molar refractivity (Wildman–Crippen MR) is 102 cm³/mol. The maximum atomic E-state index is 12.2. The van der Waals surface area contributed by atoms with Crippen LogP contribution >= 0.6 is 0 Å². The molecular weight excluding hydrogens is 330 g/mol. The highest BCUT2D eigenvalue weighted by Crippen LogP contribution is 2.46. The molecule has 0 radical (unpaired) electrons. The van der Waals surface area contributed by atoms with Crippen LogP contribution in [0, 0.1) is 12.8 Å². The van der Waals surface area contributed by atoms with Crippen molar-refractivity contribution in [2.75, 3.05) is 13.7 Å². The molecule has 1 fully saturated rings. The van der Waals surface area contributed by atoms with Crippen molar-refractivity contribution in [1.29, 1.82) is 0 Å². The lowest BCUT2D eigenvalue weighted by molar-refractivity contribution is 0.270. The maximum Gasteiger partial charge on any atom is 0.255 e. The molecule has 3 rings (SSSR count). The van der Waals surface area contributed by atoms with E-state index in [0.29, 0.717) is 18.1 Å². The number of ether oxygens (including phenoxy) is 2. The Kier molecular flexibility index (Phi) is 5.25. The van der Waals surface area contributed by atoms with Crippen LogP contribution in [-0.4, -0.2) is 23.8 Å². The van der Waals surface area contributed by atoms with Crippen LogP contribution in [0.25, 0.3) is 0 Å². The summed E-state index contributed by atoms with van der Waals surface area (Å²) in [7, 11) is 1.63. The Hall–Kier alpha value is -2.43. The zero-order chi connectivity index (χ0) is 18.8. The number of nitrogens with one attached hydrogen (secondary N) is 1. The molecule has 0 spiro atoms. The summed E-state index contributed by atoms with van der Waals surface area (Å²) >= 11 is 0. The summed E-state index contributed by atoms with van der Waals surface area (Å²) in [6.45, 7) is 6.16. The first kappa shape index (κ1) is 18.4. The minimum Gasteiger partial charge on any atom is -0.507 e. The number of hydrogen-bond donors (Lipinski definition) is 2. The Balaban J connectivity index is 1.88. The molecule has 1 heterocycles. The SMILES string of the molecule is COc1ccc(OCC(c2c(C)[nH]c(=O)c(C(C)C)c2O)C2CC2)cc1. The summed E-state index contributed by atoms with van der Waals surface area (Å²) in [5.41, 5.74) is 1.81. The number of methoxy groups -OCH3 is 1. The molecule has 5 heteroatoms. The third kappa shape index (κ3) is 3.71. The van der Waals surface area contributed by atoms with Gasteiger partial charge in [-0.1, -0.05) is 13.8 Å². The van der Waals surface area contributed by atoms with E-state index in [1.54, 1.807) is 7.11 Å². The molecule has 1 aliphatic rings. The molecule has 1 aliphatic carbocycles. The average Bonchev–Trinajstić information content (AvgIpc) is 3.42. The number of aromatic hydroxyl groups is 1. The van der Waals surface area contributed by atoms with Crippen molar-refractivity contribution < 1.29 is 14.6 Å². The van der Waals surface area contributed by atoms with Gasteiger partial charge in [0, 0.05) is 17.2 Å². The molecule has 0 aliphatic heterocycles. The van der Waals surface area contributed by atoms with E-state index in [-0.39, 0.29) is 23.1 Å². The van der Waals surface area contributed by atoms with Gasteiger partial charge >= 0.3 is 0 Å². The highest BCUT2D eigenvalue weighted by molar-refractivity contribution is 5.46. The van der Waals surface area contributed by atoms with Gasteiger partial charge in [0.05, 0.1) is 19.3 Å². The zero-order valence-electron chi connectivity index (χ0n) is 15.8. The van der Waals surface area contributed by atoms with E-state index in [2.05, 4.69) is 4.98 Å². The Morgan fingerprint density at radius 3 is 2.31 bits per heavy atom. The minimum absolute atomic E-state index is 0.0412. The van der Waals surface area contributed by atoms with E-state index in [9.17, 15) is 9.90 Å². The van der Waals surface area contributed by atoms with Gasteiger partial charge in [0.25, 0.3) is 5.56 Å². The minimum atomic E-state index is -0.204. The van der Waals surface area contributed by atoms with E-state index >= 15 is 0 Å². The molecule has 1 saturated carbocycles. The van der Waals surface area contributed by atoms with Crippen molar-refractivity contribution in [1.82, 2.24) is 4.98 Å². The number of H-pyrrole nitrogens is 1. The van der Waals surface area contributed by atoms with Gasteiger partial charge in [-0.3, -0.25) is 4.79 Å². The molecule has 0 saturated heterocycles. The van der Waals surface area contributed by atoms with E-state index < -0.39 is 0 Å². The number of aryl methyl sites for hydroxylation is 1. The topological polar surface area (TPSA) is 71.5 Å². The molecule has 1 aromatic heterocycles. The largest absolute Gasteiger partial charge is 0.507 e. The predicted octanol–water partition coefficient (Wildman–Crippen LogP) is 4.09. The molecule has 1 atom stereocenters. The van der Waals surface area contributed by atoms with Crippen LogP contribution in [0.15, 0.2) is 29.1 Å². The number of benzene rings is 1. The molecule has 0 amide bonds. The lowest BCUT2D eigenvalue weighted by Gasteiger charge is -2.23.